The maximum atomic E-state index is 12.7. The van der Waals surface area contributed by atoms with E-state index in [2.05, 4.69) is 25.5 Å². The number of nitrogens with zero attached hydrogens (tertiary/aromatic N) is 6. The lowest BCUT2D eigenvalue weighted by atomic mass is 10.1. The van der Waals surface area contributed by atoms with Gasteiger partial charge in [0.15, 0.2) is 5.82 Å². The van der Waals surface area contributed by atoms with Gasteiger partial charge in [0, 0.05) is 12.7 Å². The molecule has 132 valence electrons. The molecule has 0 radical (unpaired) electrons. The van der Waals surface area contributed by atoms with Crippen molar-refractivity contribution >= 4 is 5.91 Å². The smallest absolute Gasteiger partial charge is 0.328 e. The van der Waals surface area contributed by atoms with Crippen molar-refractivity contribution in [2.24, 2.45) is 0 Å². The number of carbonyl (C=O) groups is 1. The van der Waals surface area contributed by atoms with Crippen molar-refractivity contribution in [3.63, 3.8) is 0 Å². The molecule has 0 aromatic carbocycles. The summed E-state index contributed by atoms with van der Waals surface area (Å²) in [7, 11) is 0. The SMILES string of the molecule is O=C(c1n[nH]c(=O)[nH]c1=O)N1CCCC1c1cn(-c2ccccn2)nn1. The highest BCUT2D eigenvalue weighted by Crippen LogP contribution is 2.31. The van der Waals surface area contributed by atoms with Crippen LogP contribution in [0.25, 0.3) is 5.82 Å². The summed E-state index contributed by atoms with van der Waals surface area (Å²) in [6.45, 7) is 0.459. The first-order chi connectivity index (χ1) is 12.6. The zero-order chi connectivity index (χ0) is 18.1. The van der Waals surface area contributed by atoms with Crippen LogP contribution in [0.5, 0.6) is 0 Å². The number of H-pyrrole nitrogens is 2. The van der Waals surface area contributed by atoms with E-state index < -0.39 is 17.2 Å². The van der Waals surface area contributed by atoms with E-state index in [1.807, 2.05) is 11.1 Å². The summed E-state index contributed by atoms with van der Waals surface area (Å²) in [6.07, 6.45) is 4.81. The highest BCUT2D eigenvalue weighted by molar-refractivity contribution is 5.92. The molecule has 1 aliphatic heterocycles. The molecule has 1 aliphatic rings. The molecule has 1 saturated heterocycles. The largest absolute Gasteiger partial charge is 0.342 e. The maximum Gasteiger partial charge on any atom is 0.342 e. The summed E-state index contributed by atoms with van der Waals surface area (Å²) in [5.74, 6) is 0.0539. The average Bonchev–Trinajstić information content (AvgIpc) is 3.31. The fourth-order valence-corrected chi connectivity index (χ4v) is 2.98. The van der Waals surface area contributed by atoms with Gasteiger partial charge in [-0.05, 0) is 25.0 Å². The molecular formula is C15H14N8O3. The lowest BCUT2D eigenvalue weighted by Crippen LogP contribution is -2.38. The van der Waals surface area contributed by atoms with Crippen LogP contribution in [0.2, 0.25) is 0 Å². The van der Waals surface area contributed by atoms with Crippen LogP contribution in [0.3, 0.4) is 0 Å². The van der Waals surface area contributed by atoms with Gasteiger partial charge in [0.05, 0.1) is 12.2 Å². The molecule has 3 aromatic rings. The Morgan fingerprint density at radius 3 is 2.92 bits per heavy atom. The van der Waals surface area contributed by atoms with Gasteiger partial charge >= 0.3 is 5.69 Å². The fraction of sp³-hybridized carbons (Fsp3) is 0.267. The summed E-state index contributed by atoms with van der Waals surface area (Å²) < 4.78 is 1.53. The molecule has 26 heavy (non-hydrogen) atoms. The van der Waals surface area contributed by atoms with Gasteiger partial charge in [-0.15, -0.1) is 5.10 Å². The Balaban J connectivity index is 1.63. The number of nitrogens with one attached hydrogen (secondary N) is 2. The lowest BCUT2D eigenvalue weighted by molar-refractivity contribution is 0.0723. The van der Waals surface area contributed by atoms with Crippen LogP contribution in [0.4, 0.5) is 0 Å². The first-order valence-corrected chi connectivity index (χ1v) is 7.97. The lowest BCUT2D eigenvalue weighted by Gasteiger charge is -2.21. The summed E-state index contributed by atoms with van der Waals surface area (Å²) in [5, 5.41) is 13.9. The summed E-state index contributed by atoms with van der Waals surface area (Å²) in [5.41, 5.74) is -1.33. The van der Waals surface area contributed by atoms with Crippen LogP contribution in [-0.4, -0.2) is 52.5 Å². The molecule has 1 amide bonds. The molecule has 11 nitrogen and oxygen atoms in total. The highest BCUT2D eigenvalue weighted by Gasteiger charge is 2.34. The highest BCUT2D eigenvalue weighted by atomic mass is 16.2. The molecule has 1 fully saturated rings. The van der Waals surface area contributed by atoms with Gasteiger partial charge in [0.25, 0.3) is 11.5 Å². The number of aromatic nitrogens is 7. The zero-order valence-corrected chi connectivity index (χ0v) is 13.5. The predicted molar refractivity (Wildman–Crippen MR) is 87.6 cm³/mol. The van der Waals surface area contributed by atoms with Gasteiger partial charge in [0.1, 0.15) is 5.69 Å². The second-order valence-electron chi connectivity index (χ2n) is 5.79. The van der Waals surface area contributed by atoms with E-state index in [0.717, 1.165) is 6.42 Å². The number of carbonyl (C=O) groups excluding carboxylic acids is 1. The monoisotopic (exact) mass is 354 g/mol. The topological polar surface area (TPSA) is 143 Å². The molecule has 4 rings (SSSR count). The van der Waals surface area contributed by atoms with Gasteiger partial charge in [-0.3, -0.25) is 14.6 Å². The van der Waals surface area contributed by atoms with Crippen LogP contribution in [0.1, 0.15) is 35.1 Å². The van der Waals surface area contributed by atoms with Crippen molar-refractivity contribution in [3.05, 3.63) is 62.8 Å². The Hall–Kier alpha value is -3.63. The summed E-state index contributed by atoms with van der Waals surface area (Å²) >= 11 is 0. The van der Waals surface area contributed by atoms with Gasteiger partial charge in [0.2, 0.25) is 5.69 Å². The van der Waals surface area contributed by atoms with E-state index in [0.29, 0.717) is 24.5 Å². The minimum atomic E-state index is -0.818. The minimum absolute atomic E-state index is 0.326. The zero-order valence-electron chi connectivity index (χ0n) is 13.5. The van der Waals surface area contributed by atoms with Crippen LogP contribution < -0.4 is 11.2 Å². The van der Waals surface area contributed by atoms with Crippen molar-refractivity contribution < 1.29 is 4.79 Å². The van der Waals surface area contributed by atoms with Gasteiger partial charge in [-0.25, -0.2) is 19.6 Å². The number of likely N-dealkylation sites (tertiary alicyclic amines) is 1. The van der Waals surface area contributed by atoms with E-state index in [1.165, 1.54) is 9.58 Å². The summed E-state index contributed by atoms with van der Waals surface area (Å²) in [4.78, 5) is 43.3. The Morgan fingerprint density at radius 2 is 2.15 bits per heavy atom. The number of rotatable bonds is 3. The van der Waals surface area contributed by atoms with E-state index in [1.54, 1.807) is 24.5 Å². The van der Waals surface area contributed by atoms with E-state index in [-0.39, 0.29) is 11.7 Å². The van der Waals surface area contributed by atoms with Crippen LogP contribution in [-0.2, 0) is 0 Å². The maximum absolute atomic E-state index is 12.7. The quantitative estimate of drug-likeness (QED) is 0.640. The van der Waals surface area contributed by atoms with Gasteiger partial charge in [-0.2, -0.15) is 5.10 Å². The Labute approximate surface area is 145 Å². The average molecular weight is 354 g/mol. The van der Waals surface area contributed by atoms with E-state index in [4.69, 9.17) is 0 Å². The number of pyridine rings is 1. The molecular weight excluding hydrogens is 340 g/mol. The van der Waals surface area contributed by atoms with Crippen molar-refractivity contribution in [2.75, 3.05) is 6.54 Å². The van der Waals surface area contributed by atoms with Crippen molar-refractivity contribution in [2.45, 2.75) is 18.9 Å². The van der Waals surface area contributed by atoms with Crippen LogP contribution in [0.15, 0.2) is 40.2 Å². The van der Waals surface area contributed by atoms with Crippen molar-refractivity contribution in [3.8, 4) is 5.82 Å². The third-order valence-electron chi connectivity index (χ3n) is 4.16. The molecule has 3 aromatic heterocycles. The Bertz CT molecular complexity index is 1050. The minimum Gasteiger partial charge on any atom is -0.328 e. The number of hydrogen-bond donors (Lipinski definition) is 2. The standard InChI is InChI=1S/C15H14N8O3/c24-13-12(19-20-15(26)17-13)14(25)22-7-3-4-10(22)9-8-23(21-18-9)11-5-1-2-6-16-11/h1-2,5-6,8,10H,3-4,7H2,(H2,17,20,24,26). The Morgan fingerprint density at radius 1 is 1.27 bits per heavy atom. The van der Waals surface area contributed by atoms with Gasteiger partial charge < -0.3 is 4.90 Å². The number of aromatic amines is 2. The third-order valence-corrected chi connectivity index (χ3v) is 4.16. The molecule has 0 bridgehead atoms. The molecule has 0 spiro atoms. The Kier molecular flexibility index (Phi) is 3.88. The van der Waals surface area contributed by atoms with Crippen LogP contribution in [0, 0.1) is 0 Å². The molecule has 0 saturated carbocycles. The normalized spacial score (nSPS) is 16.8. The van der Waals surface area contributed by atoms with Crippen LogP contribution >= 0.6 is 0 Å². The van der Waals surface area contributed by atoms with Crippen molar-refractivity contribution in [1.82, 2.24) is 40.1 Å². The molecule has 11 heteroatoms. The first kappa shape index (κ1) is 15.9. The second kappa shape index (κ2) is 6.35. The fourth-order valence-electron chi connectivity index (χ4n) is 2.98. The summed E-state index contributed by atoms with van der Waals surface area (Å²) in [6, 6.07) is 5.10. The van der Waals surface area contributed by atoms with Crippen molar-refractivity contribution in [1.29, 1.82) is 0 Å². The molecule has 0 aliphatic carbocycles. The first-order valence-electron chi connectivity index (χ1n) is 7.97. The predicted octanol–water partition coefficient (Wildman–Crippen LogP) is -0.589. The molecule has 1 unspecified atom stereocenters. The van der Waals surface area contributed by atoms with E-state index in [9.17, 15) is 14.4 Å². The number of hydrogen-bond acceptors (Lipinski definition) is 7. The number of amides is 1. The second-order valence-corrected chi connectivity index (χ2v) is 5.79. The van der Waals surface area contributed by atoms with E-state index >= 15 is 0 Å². The molecule has 2 N–H and O–H groups in total. The third kappa shape index (κ3) is 2.79. The van der Waals surface area contributed by atoms with Gasteiger partial charge in [-0.1, -0.05) is 11.3 Å². The molecule has 1 atom stereocenters. The molecule has 4 heterocycles.